The van der Waals surface area contributed by atoms with E-state index in [4.69, 9.17) is 9.84 Å². The van der Waals surface area contributed by atoms with E-state index >= 15 is 0 Å². The number of hydrogen-bond donors (Lipinski definition) is 3. The number of urea groups is 1. The van der Waals surface area contributed by atoms with Crippen LogP contribution >= 0.6 is 0 Å². The number of aliphatic carboxylic acids is 1. The molecule has 1 fully saturated rings. The summed E-state index contributed by atoms with van der Waals surface area (Å²) in [6.07, 6.45) is 3.72. The first-order valence-electron chi connectivity index (χ1n) is 6.85. The molecule has 1 unspecified atom stereocenters. The Morgan fingerprint density at radius 3 is 2.68 bits per heavy atom. The number of methoxy groups -OCH3 is 1. The van der Waals surface area contributed by atoms with E-state index in [1.165, 1.54) is 0 Å². The maximum atomic E-state index is 11.8. The fraction of sp³-hybridized carbons (Fsp3) is 0.846. The van der Waals surface area contributed by atoms with Crippen LogP contribution in [0.4, 0.5) is 4.79 Å². The van der Waals surface area contributed by atoms with E-state index in [0.29, 0.717) is 19.4 Å². The number of carboxylic acid groups (broad SMARTS) is 1. The summed E-state index contributed by atoms with van der Waals surface area (Å²) in [6, 6.07) is -0.260. The molecule has 6 nitrogen and oxygen atoms in total. The maximum Gasteiger partial charge on any atom is 0.315 e. The van der Waals surface area contributed by atoms with Crippen LogP contribution < -0.4 is 10.6 Å². The fourth-order valence-electron chi connectivity index (χ4n) is 2.50. The van der Waals surface area contributed by atoms with Crippen molar-refractivity contribution in [1.29, 1.82) is 0 Å². The lowest BCUT2D eigenvalue weighted by atomic mass is 10.1. The topological polar surface area (TPSA) is 87.7 Å². The van der Waals surface area contributed by atoms with Gasteiger partial charge in [0.05, 0.1) is 18.6 Å². The predicted octanol–water partition coefficient (Wildman–Crippen LogP) is 1.35. The fourth-order valence-corrected chi connectivity index (χ4v) is 2.50. The SMILES string of the molecule is CCCC(COC)NC(=O)N[C@H]1CC[C@@H](C(=O)O)C1. The number of hydrogen-bond acceptors (Lipinski definition) is 3. The van der Waals surface area contributed by atoms with Gasteiger partial charge in [0.25, 0.3) is 0 Å². The number of nitrogens with one attached hydrogen (secondary N) is 2. The molecule has 0 aromatic rings. The van der Waals surface area contributed by atoms with Crippen molar-refractivity contribution < 1.29 is 19.4 Å². The second kappa shape index (κ2) is 7.99. The highest BCUT2D eigenvalue weighted by atomic mass is 16.5. The van der Waals surface area contributed by atoms with Crippen molar-refractivity contribution in [2.75, 3.05) is 13.7 Å². The molecule has 0 heterocycles. The molecule has 0 radical (unpaired) electrons. The summed E-state index contributed by atoms with van der Waals surface area (Å²) in [4.78, 5) is 22.6. The molecule has 2 amide bonds. The average molecular weight is 272 g/mol. The second-order valence-electron chi connectivity index (χ2n) is 5.10. The summed E-state index contributed by atoms with van der Waals surface area (Å²) in [6.45, 7) is 2.54. The van der Waals surface area contributed by atoms with Gasteiger partial charge in [0, 0.05) is 13.2 Å². The Bertz CT molecular complexity index is 303. The molecule has 0 bridgehead atoms. The third kappa shape index (κ3) is 5.46. The zero-order valence-electron chi connectivity index (χ0n) is 11.6. The molecule has 1 rings (SSSR count). The molecule has 0 aliphatic heterocycles. The quantitative estimate of drug-likeness (QED) is 0.653. The molecule has 1 saturated carbocycles. The molecule has 3 atom stereocenters. The van der Waals surface area contributed by atoms with Crippen molar-refractivity contribution >= 4 is 12.0 Å². The Balaban J connectivity index is 2.32. The predicted molar refractivity (Wildman–Crippen MR) is 71.0 cm³/mol. The Morgan fingerprint density at radius 1 is 1.42 bits per heavy atom. The summed E-state index contributed by atoms with van der Waals surface area (Å²) < 4.78 is 5.06. The lowest BCUT2D eigenvalue weighted by molar-refractivity contribution is -0.141. The summed E-state index contributed by atoms with van der Waals surface area (Å²) in [5, 5.41) is 14.6. The lowest BCUT2D eigenvalue weighted by Crippen LogP contribution is -2.47. The number of amides is 2. The van der Waals surface area contributed by atoms with Crippen LogP contribution in [0.2, 0.25) is 0 Å². The lowest BCUT2D eigenvalue weighted by Gasteiger charge is -2.19. The highest BCUT2D eigenvalue weighted by molar-refractivity contribution is 5.75. The average Bonchev–Trinajstić information content (AvgIpc) is 2.78. The van der Waals surface area contributed by atoms with Crippen molar-refractivity contribution in [3.8, 4) is 0 Å². The zero-order valence-corrected chi connectivity index (χ0v) is 11.6. The first kappa shape index (κ1) is 15.8. The van der Waals surface area contributed by atoms with E-state index < -0.39 is 5.97 Å². The van der Waals surface area contributed by atoms with Crippen LogP contribution in [0.15, 0.2) is 0 Å². The zero-order chi connectivity index (χ0) is 14.3. The van der Waals surface area contributed by atoms with Gasteiger partial charge in [-0.1, -0.05) is 13.3 Å². The molecular weight excluding hydrogens is 248 g/mol. The van der Waals surface area contributed by atoms with Crippen molar-refractivity contribution in [3.63, 3.8) is 0 Å². The molecule has 110 valence electrons. The molecule has 6 heteroatoms. The van der Waals surface area contributed by atoms with Crippen LogP contribution in [0.1, 0.15) is 39.0 Å². The van der Waals surface area contributed by atoms with Gasteiger partial charge in [0.2, 0.25) is 0 Å². The largest absolute Gasteiger partial charge is 0.481 e. The van der Waals surface area contributed by atoms with Crippen LogP contribution in [-0.2, 0) is 9.53 Å². The van der Waals surface area contributed by atoms with E-state index in [0.717, 1.165) is 19.3 Å². The van der Waals surface area contributed by atoms with Crippen LogP contribution in [0.3, 0.4) is 0 Å². The standard InChI is InChI=1S/C13H24N2O4/c1-3-4-11(8-19-2)15-13(18)14-10-6-5-9(7-10)12(16)17/h9-11H,3-8H2,1-2H3,(H,16,17)(H2,14,15,18)/t9-,10+,11?/m1/s1. The van der Waals surface area contributed by atoms with E-state index in [1.54, 1.807) is 7.11 Å². The summed E-state index contributed by atoms with van der Waals surface area (Å²) in [7, 11) is 1.61. The molecule has 0 aromatic carbocycles. The summed E-state index contributed by atoms with van der Waals surface area (Å²) >= 11 is 0. The number of carbonyl (C=O) groups is 2. The van der Waals surface area contributed by atoms with Gasteiger partial charge < -0.3 is 20.5 Å². The molecule has 19 heavy (non-hydrogen) atoms. The Morgan fingerprint density at radius 2 is 2.16 bits per heavy atom. The molecule has 0 saturated heterocycles. The van der Waals surface area contributed by atoms with Crippen LogP contribution in [-0.4, -0.2) is 42.9 Å². The minimum atomic E-state index is -0.770. The number of carbonyl (C=O) groups excluding carboxylic acids is 1. The normalized spacial score (nSPS) is 23.9. The van der Waals surface area contributed by atoms with Gasteiger partial charge in [-0.3, -0.25) is 4.79 Å². The second-order valence-corrected chi connectivity index (χ2v) is 5.10. The van der Waals surface area contributed by atoms with Crippen LogP contribution in [0, 0.1) is 5.92 Å². The monoisotopic (exact) mass is 272 g/mol. The van der Waals surface area contributed by atoms with Crippen molar-refractivity contribution in [2.45, 2.75) is 51.1 Å². The van der Waals surface area contributed by atoms with Gasteiger partial charge in [-0.15, -0.1) is 0 Å². The van der Waals surface area contributed by atoms with E-state index in [2.05, 4.69) is 17.6 Å². The molecule has 1 aliphatic carbocycles. The maximum absolute atomic E-state index is 11.8. The Labute approximate surface area is 113 Å². The van der Waals surface area contributed by atoms with E-state index in [9.17, 15) is 9.59 Å². The number of ether oxygens (including phenoxy) is 1. The van der Waals surface area contributed by atoms with Gasteiger partial charge in [0.15, 0.2) is 0 Å². The van der Waals surface area contributed by atoms with E-state index in [-0.39, 0.29) is 24.0 Å². The van der Waals surface area contributed by atoms with Crippen molar-refractivity contribution in [3.05, 3.63) is 0 Å². The minimum Gasteiger partial charge on any atom is -0.481 e. The van der Waals surface area contributed by atoms with Crippen molar-refractivity contribution in [1.82, 2.24) is 10.6 Å². The first-order chi connectivity index (χ1) is 9.06. The third-order valence-electron chi connectivity index (χ3n) is 3.46. The van der Waals surface area contributed by atoms with E-state index in [1.807, 2.05) is 0 Å². The Hall–Kier alpha value is -1.30. The van der Waals surface area contributed by atoms with Gasteiger partial charge in [-0.2, -0.15) is 0 Å². The minimum absolute atomic E-state index is 0.00618. The molecule has 0 aromatic heterocycles. The first-order valence-corrected chi connectivity index (χ1v) is 6.85. The highest BCUT2D eigenvalue weighted by Gasteiger charge is 2.30. The van der Waals surface area contributed by atoms with Gasteiger partial charge in [-0.05, 0) is 25.7 Å². The molecule has 3 N–H and O–H groups in total. The van der Waals surface area contributed by atoms with Crippen LogP contribution in [0.25, 0.3) is 0 Å². The summed E-state index contributed by atoms with van der Waals surface area (Å²) in [5.74, 6) is -1.09. The van der Waals surface area contributed by atoms with Gasteiger partial charge in [-0.25, -0.2) is 4.79 Å². The van der Waals surface area contributed by atoms with Crippen LogP contribution in [0.5, 0.6) is 0 Å². The van der Waals surface area contributed by atoms with Crippen molar-refractivity contribution in [2.24, 2.45) is 5.92 Å². The molecular formula is C13H24N2O4. The highest BCUT2D eigenvalue weighted by Crippen LogP contribution is 2.25. The third-order valence-corrected chi connectivity index (χ3v) is 3.46. The van der Waals surface area contributed by atoms with Gasteiger partial charge >= 0.3 is 12.0 Å². The number of carboxylic acids is 1. The summed E-state index contributed by atoms with van der Waals surface area (Å²) in [5.41, 5.74) is 0. The van der Waals surface area contributed by atoms with Gasteiger partial charge in [0.1, 0.15) is 0 Å². The molecule has 1 aliphatic rings. The Kier molecular flexibility index (Phi) is 6.62. The smallest absolute Gasteiger partial charge is 0.315 e. The number of rotatable bonds is 7. The molecule has 0 spiro atoms.